The molecule has 4 atom stereocenters. The predicted molar refractivity (Wildman–Crippen MR) is 76.3 cm³/mol. The molecule has 0 amide bonds. The lowest BCUT2D eigenvalue weighted by atomic mass is 9.83. The minimum Gasteiger partial charge on any atom is -0.456 e. The highest BCUT2D eigenvalue weighted by molar-refractivity contribution is 7.67. The Morgan fingerprint density at radius 2 is 2.00 bits per heavy atom. The molecule has 7 nitrogen and oxygen atoms in total. The summed E-state index contributed by atoms with van der Waals surface area (Å²) in [5, 5.41) is 0. The van der Waals surface area contributed by atoms with Crippen LogP contribution in [-0.4, -0.2) is 38.7 Å². The number of carbonyl (C=O) groups excluding carboxylic acids is 2. The molecule has 124 valence electrons. The summed E-state index contributed by atoms with van der Waals surface area (Å²) in [6.45, 7) is 6.00. The molecule has 0 aromatic rings. The maximum absolute atomic E-state index is 11.8. The number of fused-ring (bicyclic) bond motifs is 2. The normalized spacial score (nSPS) is 33.0. The van der Waals surface area contributed by atoms with E-state index in [9.17, 15) is 18.0 Å². The van der Waals surface area contributed by atoms with Crippen molar-refractivity contribution in [2.75, 3.05) is 6.61 Å². The zero-order valence-corrected chi connectivity index (χ0v) is 13.5. The first kappa shape index (κ1) is 17.0. The average Bonchev–Trinajstić information content (AvgIpc) is 2.97. The van der Waals surface area contributed by atoms with Crippen molar-refractivity contribution >= 4 is 22.9 Å². The first-order chi connectivity index (χ1) is 10.2. The van der Waals surface area contributed by atoms with E-state index in [1.165, 1.54) is 6.92 Å². The Hall–Kier alpha value is -1.41. The van der Waals surface area contributed by atoms with Crippen LogP contribution in [0, 0.1) is 11.8 Å². The fraction of sp³-hybridized carbons (Fsp3) is 0.714. The molecule has 2 saturated carbocycles. The fourth-order valence-corrected chi connectivity index (χ4v) is 4.01. The number of hydrogen-bond donors (Lipinski definition) is 1. The van der Waals surface area contributed by atoms with Gasteiger partial charge in [0.2, 0.25) is 0 Å². The second-order valence-corrected chi connectivity index (χ2v) is 6.67. The van der Waals surface area contributed by atoms with Gasteiger partial charge < -0.3 is 9.47 Å². The van der Waals surface area contributed by atoms with Crippen LogP contribution in [0.25, 0.3) is 0 Å². The third-order valence-electron chi connectivity index (χ3n) is 4.48. The Balaban J connectivity index is 1.99. The second-order valence-electron chi connectivity index (χ2n) is 6.04. The van der Waals surface area contributed by atoms with Gasteiger partial charge in [-0.3, -0.25) is 4.18 Å². The van der Waals surface area contributed by atoms with E-state index in [2.05, 4.69) is 6.58 Å². The van der Waals surface area contributed by atoms with Gasteiger partial charge in [0.25, 0.3) is 11.0 Å². The van der Waals surface area contributed by atoms with Gasteiger partial charge in [0.15, 0.2) is 6.61 Å². The van der Waals surface area contributed by atoms with E-state index in [-0.39, 0.29) is 17.4 Å². The molecule has 0 radical (unpaired) electrons. The monoisotopic (exact) mass is 332 g/mol. The molecule has 0 N–H and O–H groups in total. The SMILES string of the molecule is C=C(C)C(=O)OCC(=O)OC1C2CCC(C2)C1(C)O[SH](=O)=O. The van der Waals surface area contributed by atoms with E-state index in [1.807, 2.05) is 0 Å². The van der Waals surface area contributed by atoms with Crippen LogP contribution in [0.1, 0.15) is 33.1 Å². The first-order valence-corrected chi connectivity index (χ1v) is 8.19. The van der Waals surface area contributed by atoms with E-state index >= 15 is 0 Å². The summed E-state index contributed by atoms with van der Waals surface area (Å²) in [5.41, 5.74) is -0.851. The van der Waals surface area contributed by atoms with Gasteiger partial charge in [0, 0.05) is 5.57 Å². The minimum atomic E-state index is -3.04. The summed E-state index contributed by atoms with van der Waals surface area (Å²) in [7, 11) is -3.04. The zero-order chi connectivity index (χ0) is 16.5. The van der Waals surface area contributed by atoms with Crippen LogP contribution in [-0.2, 0) is 34.2 Å². The summed E-state index contributed by atoms with van der Waals surface area (Å²) in [6.07, 6.45) is 1.84. The molecule has 0 aromatic carbocycles. The average molecular weight is 332 g/mol. The first-order valence-electron chi connectivity index (χ1n) is 7.09. The molecule has 0 aromatic heterocycles. The Morgan fingerprint density at radius 3 is 2.59 bits per heavy atom. The number of carbonyl (C=O) groups is 2. The summed E-state index contributed by atoms with van der Waals surface area (Å²) in [6, 6.07) is 0. The van der Waals surface area contributed by atoms with Gasteiger partial charge in [-0.25, -0.2) is 18.0 Å². The van der Waals surface area contributed by atoms with Gasteiger partial charge in [0.05, 0.1) is 0 Å². The fourth-order valence-electron chi connectivity index (χ4n) is 3.44. The molecule has 0 saturated heterocycles. The quantitative estimate of drug-likeness (QED) is 0.435. The topological polar surface area (TPSA) is 96.0 Å². The summed E-state index contributed by atoms with van der Waals surface area (Å²) in [4.78, 5) is 23.1. The number of rotatable bonds is 6. The molecule has 2 bridgehead atoms. The molecule has 2 fully saturated rings. The van der Waals surface area contributed by atoms with Gasteiger partial charge >= 0.3 is 11.9 Å². The van der Waals surface area contributed by atoms with E-state index in [0.29, 0.717) is 0 Å². The van der Waals surface area contributed by atoms with Crippen molar-refractivity contribution in [3.63, 3.8) is 0 Å². The van der Waals surface area contributed by atoms with Crippen molar-refractivity contribution in [1.29, 1.82) is 0 Å². The lowest BCUT2D eigenvalue weighted by Gasteiger charge is -2.37. The largest absolute Gasteiger partial charge is 0.456 e. The van der Waals surface area contributed by atoms with Crippen LogP contribution >= 0.6 is 0 Å². The number of ether oxygens (including phenoxy) is 2. The van der Waals surface area contributed by atoms with E-state index in [0.717, 1.165) is 19.3 Å². The third-order valence-corrected chi connectivity index (χ3v) is 5.02. The van der Waals surface area contributed by atoms with Crippen LogP contribution < -0.4 is 0 Å². The maximum Gasteiger partial charge on any atom is 0.344 e. The number of thiol groups is 1. The molecule has 0 heterocycles. The Bertz CT molecular complexity index is 560. The molecule has 2 aliphatic carbocycles. The van der Waals surface area contributed by atoms with Crippen LogP contribution in [0.2, 0.25) is 0 Å². The molecule has 0 spiro atoms. The van der Waals surface area contributed by atoms with E-state index in [1.54, 1.807) is 6.92 Å². The van der Waals surface area contributed by atoms with Crippen LogP contribution in [0.5, 0.6) is 0 Å². The van der Waals surface area contributed by atoms with Gasteiger partial charge in [-0.05, 0) is 44.9 Å². The maximum atomic E-state index is 11.8. The van der Waals surface area contributed by atoms with Gasteiger partial charge in [-0.2, -0.15) is 0 Å². The Morgan fingerprint density at radius 1 is 1.32 bits per heavy atom. The van der Waals surface area contributed by atoms with Crippen molar-refractivity contribution < 1.29 is 31.7 Å². The Kier molecular flexibility index (Phi) is 4.91. The number of esters is 2. The summed E-state index contributed by atoms with van der Waals surface area (Å²) in [5.74, 6) is -1.28. The highest BCUT2D eigenvalue weighted by Crippen LogP contribution is 2.53. The molecule has 22 heavy (non-hydrogen) atoms. The second kappa shape index (κ2) is 6.37. The standard InChI is InChI=1S/C14H20O7S/c1-8(2)13(16)19-7-11(15)20-12-9-4-5-10(6-9)14(12,3)21-22(17)18/h9-10,12,22H,1,4-7H2,2-3H3. The molecule has 8 heteroatoms. The third kappa shape index (κ3) is 3.33. The summed E-state index contributed by atoms with van der Waals surface area (Å²) < 4.78 is 37.1. The molecule has 0 aliphatic heterocycles. The highest BCUT2D eigenvalue weighted by atomic mass is 32.2. The zero-order valence-electron chi connectivity index (χ0n) is 12.6. The molecule has 2 aliphatic rings. The van der Waals surface area contributed by atoms with E-state index < -0.39 is 41.2 Å². The Labute approximate surface area is 130 Å². The van der Waals surface area contributed by atoms with E-state index in [4.69, 9.17) is 13.7 Å². The lowest BCUT2D eigenvalue weighted by molar-refractivity contribution is -0.173. The smallest absolute Gasteiger partial charge is 0.344 e. The van der Waals surface area contributed by atoms with Gasteiger partial charge in [-0.15, -0.1) is 0 Å². The molecule has 4 unspecified atom stereocenters. The molecule has 2 rings (SSSR count). The van der Waals surface area contributed by atoms with Crippen LogP contribution in [0.15, 0.2) is 12.2 Å². The van der Waals surface area contributed by atoms with Crippen molar-refractivity contribution in [2.24, 2.45) is 11.8 Å². The van der Waals surface area contributed by atoms with Gasteiger partial charge in [0.1, 0.15) is 11.7 Å². The van der Waals surface area contributed by atoms with Crippen molar-refractivity contribution in [3.05, 3.63) is 12.2 Å². The molecular weight excluding hydrogens is 312 g/mol. The van der Waals surface area contributed by atoms with Crippen molar-refractivity contribution in [3.8, 4) is 0 Å². The van der Waals surface area contributed by atoms with Gasteiger partial charge in [-0.1, -0.05) is 6.58 Å². The number of hydrogen-bond acceptors (Lipinski definition) is 7. The summed E-state index contributed by atoms with van der Waals surface area (Å²) >= 11 is 0. The predicted octanol–water partition coefficient (Wildman–Crippen LogP) is 0.749. The highest BCUT2D eigenvalue weighted by Gasteiger charge is 2.59. The molecular formula is C14H20O7S. The van der Waals surface area contributed by atoms with Crippen LogP contribution in [0.3, 0.4) is 0 Å². The van der Waals surface area contributed by atoms with Crippen LogP contribution in [0.4, 0.5) is 0 Å². The minimum absolute atomic E-state index is 0.0427. The lowest BCUT2D eigenvalue weighted by Crippen LogP contribution is -2.49. The van der Waals surface area contributed by atoms with Crippen molar-refractivity contribution in [1.82, 2.24) is 0 Å². The van der Waals surface area contributed by atoms with Crippen molar-refractivity contribution in [2.45, 2.75) is 44.8 Å².